The van der Waals surface area contributed by atoms with Crippen LogP contribution in [-0.2, 0) is 9.59 Å². The van der Waals surface area contributed by atoms with Gasteiger partial charge in [-0.1, -0.05) is 30.3 Å². The number of ketones is 1. The Morgan fingerprint density at radius 1 is 1.00 bits per heavy atom. The Balaban J connectivity index is 1.71. The summed E-state index contributed by atoms with van der Waals surface area (Å²) in [6.07, 6.45) is 0. The molecular weight excluding hydrogens is 422 g/mol. The monoisotopic (exact) mass is 443 g/mol. The molecule has 0 saturated carbocycles. The van der Waals surface area contributed by atoms with Crippen LogP contribution in [0.15, 0.2) is 72.3 Å². The molecule has 5 rings (SSSR count). The summed E-state index contributed by atoms with van der Waals surface area (Å²) in [6, 6.07) is 18.5. The molecule has 0 aromatic heterocycles. The third-order valence-electron chi connectivity index (χ3n) is 5.90. The Bertz CT molecular complexity index is 1290. The average molecular weight is 443 g/mol. The number of para-hydroxylation sites is 1. The number of nitrogens with zero attached hydrogens (tertiary/aromatic N) is 1. The standard InChI is InChI=1S/C26H21NO6/c1-15-5-3-4-6-19(15)27-23(16-7-10-18(31-2)11-8-16)22(25(29)26(27)30)24(28)17-9-12-20-21(13-17)33-14-32-20/h3-13,23,28H,14H2,1-2H3/b24-22-. The zero-order valence-electron chi connectivity index (χ0n) is 18.1. The smallest absolute Gasteiger partial charge is 0.300 e. The summed E-state index contributed by atoms with van der Waals surface area (Å²) in [4.78, 5) is 28.0. The third kappa shape index (κ3) is 3.38. The van der Waals surface area contributed by atoms with E-state index in [1.165, 1.54) is 4.90 Å². The molecule has 1 atom stereocenters. The lowest BCUT2D eigenvalue weighted by atomic mass is 9.94. The van der Waals surface area contributed by atoms with E-state index in [0.717, 1.165) is 5.56 Å². The molecule has 0 bridgehead atoms. The number of benzene rings is 3. The fourth-order valence-corrected chi connectivity index (χ4v) is 4.22. The van der Waals surface area contributed by atoms with Crippen LogP contribution in [0.3, 0.4) is 0 Å². The minimum Gasteiger partial charge on any atom is -0.507 e. The summed E-state index contributed by atoms with van der Waals surface area (Å²) in [7, 11) is 1.56. The first-order valence-corrected chi connectivity index (χ1v) is 10.4. The lowest BCUT2D eigenvalue weighted by Gasteiger charge is -2.27. The normalized spacial score (nSPS) is 18.6. The van der Waals surface area contributed by atoms with E-state index in [0.29, 0.717) is 34.1 Å². The van der Waals surface area contributed by atoms with Crippen LogP contribution < -0.4 is 19.1 Å². The number of hydrogen-bond donors (Lipinski definition) is 1. The van der Waals surface area contributed by atoms with Crippen LogP contribution in [-0.4, -0.2) is 30.7 Å². The van der Waals surface area contributed by atoms with E-state index >= 15 is 0 Å². The van der Waals surface area contributed by atoms with Gasteiger partial charge in [0.2, 0.25) is 6.79 Å². The summed E-state index contributed by atoms with van der Waals surface area (Å²) >= 11 is 0. The molecule has 3 aromatic carbocycles. The van der Waals surface area contributed by atoms with Crippen molar-refractivity contribution in [2.24, 2.45) is 0 Å². The van der Waals surface area contributed by atoms with Gasteiger partial charge in [-0.3, -0.25) is 14.5 Å². The molecule has 1 N–H and O–H groups in total. The summed E-state index contributed by atoms with van der Waals surface area (Å²) < 4.78 is 16.0. The Labute approximate surface area is 190 Å². The van der Waals surface area contributed by atoms with E-state index in [2.05, 4.69) is 0 Å². The molecule has 166 valence electrons. The summed E-state index contributed by atoms with van der Waals surface area (Å²) in [5.74, 6) is -0.0700. The number of rotatable bonds is 4. The molecule has 1 unspecified atom stereocenters. The van der Waals surface area contributed by atoms with E-state index in [9.17, 15) is 14.7 Å². The van der Waals surface area contributed by atoms with E-state index in [1.807, 2.05) is 25.1 Å². The van der Waals surface area contributed by atoms with Gasteiger partial charge in [0.05, 0.1) is 18.7 Å². The van der Waals surface area contributed by atoms with E-state index in [4.69, 9.17) is 14.2 Å². The van der Waals surface area contributed by atoms with E-state index in [1.54, 1.807) is 55.6 Å². The summed E-state index contributed by atoms with van der Waals surface area (Å²) in [5.41, 5.74) is 2.47. The number of aryl methyl sites for hydroxylation is 1. The zero-order chi connectivity index (χ0) is 23.1. The lowest BCUT2D eigenvalue weighted by Crippen LogP contribution is -2.30. The number of anilines is 1. The quantitative estimate of drug-likeness (QED) is 0.366. The number of amides is 1. The molecular formula is C26H21NO6. The first kappa shape index (κ1) is 20.6. The topological polar surface area (TPSA) is 85.3 Å². The highest BCUT2D eigenvalue weighted by atomic mass is 16.7. The van der Waals surface area contributed by atoms with E-state index < -0.39 is 17.7 Å². The fraction of sp³-hybridized carbons (Fsp3) is 0.154. The highest BCUT2D eigenvalue weighted by Gasteiger charge is 2.47. The van der Waals surface area contributed by atoms with Crippen molar-refractivity contribution < 1.29 is 28.9 Å². The van der Waals surface area contributed by atoms with Crippen molar-refractivity contribution in [1.29, 1.82) is 0 Å². The minimum absolute atomic E-state index is 0.00675. The predicted molar refractivity (Wildman–Crippen MR) is 122 cm³/mol. The largest absolute Gasteiger partial charge is 0.507 e. The molecule has 2 aliphatic rings. The number of ether oxygens (including phenoxy) is 3. The van der Waals surface area contributed by atoms with Gasteiger partial charge in [0, 0.05) is 11.3 Å². The second-order valence-corrected chi connectivity index (χ2v) is 7.80. The highest BCUT2D eigenvalue weighted by Crippen LogP contribution is 2.44. The van der Waals surface area contributed by atoms with Gasteiger partial charge >= 0.3 is 0 Å². The molecule has 0 aliphatic carbocycles. The molecule has 0 spiro atoms. The van der Waals surface area contributed by atoms with Crippen molar-refractivity contribution in [3.8, 4) is 17.2 Å². The molecule has 2 aliphatic heterocycles. The number of carbonyl (C=O) groups is 2. The molecule has 1 fully saturated rings. The minimum atomic E-state index is -0.817. The number of aliphatic hydroxyl groups is 1. The Morgan fingerprint density at radius 3 is 2.45 bits per heavy atom. The van der Waals surface area contributed by atoms with Gasteiger partial charge in [0.1, 0.15) is 11.5 Å². The van der Waals surface area contributed by atoms with Crippen molar-refractivity contribution in [2.75, 3.05) is 18.8 Å². The van der Waals surface area contributed by atoms with Gasteiger partial charge in [-0.05, 0) is 54.4 Å². The van der Waals surface area contributed by atoms with Gasteiger partial charge in [0.15, 0.2) is 11.5 Å². The Morgan fingerprint density at radius 2 is 1.73 bits per heavy atom. The van der Waals surface area contributed by atoms with Crippen molar-refractivity contribution >= 4 is 23.1 Å². The van der Waals surface area contributed by atoms with Crippen LogP contribution in [0.4, 0.5) is 5.69 Å². The van der Waals surface area contributed by atoms with Gasteiger partial charge < -0.3 is 19.3 Å². The molecule has 3 aromatic rings. The van der Waals surface area contributed by atoms with Crippen LogP contribution in [0.1, 0.15) is 22.7 Å². The number of fused-ring (bicyclic) bond motifs is 1. The molecule has 1 amide bonds. The van der Waals surface area contributed by atoms with Crippen LogP contribution in [0.5, 0.6) is 17.2 Å². The number of methoxy groups -OCH3 is 1. The maximum absolute atomic E-state index is 13.3. The van der Waals surface area contributed by atoms with Crippen LogP contribution in [0.25, 0.3) is 5.76 Å². The van der Waals surface area contributed by atoms with Crippen molar-refractivity contribution in [1.82, 2.24) is 0 Å². The Kier molecular flexibility index (Phi) is 5.01. The number of carbonyl (C=O) groups excluding carboxylic acids is 2. The molecule has 1 saturated heterocycles. The molecule has 7 heteroatoms. The van der Waals surface area contributed by atoms with Crippen molar-refractivity contribution in [3.05, 3.63) is 89.0 Å². The first-order valence-electron chi connectivity index (χ1n) is 10.4. The second-order valence-electron chi connectivity index (χ2n) is 7.80. The lowest BCUT2D eigenvalue weighted by molar-refractivity contribution is -0.132. The zero-order valence-corrected chi connectivity index (χ0v) is 18.1. The SMILES string of the molecule is COc1ccc(C2/C(=C(/O)c3ccc4c(c3)OCO4)C(=O)C(=O)N2c2ccccc2C)cc1. The average Bonchev–Trinajstić information content (AvgIpc) is 3.41. The summed E-state index contributed by atoms with van der Waals surface area (Å²) in [5, 5.41) is 11.3. The molecule has 7 nitrogen and oxygen atoms in total. The first-order chi connectivity index (χ1) is 16.0. The van der Waals surface area contributed by atoms with Gasteiger partial charge in [0.25, 0.3) is 11.7 Å². The van der Waals surface area contributed by atoms with Crippen LogP contribution >= 0.6 is 0 Å². The van der Waals surface area contributed by atoms with Crippen LogP contribution in [0, 0.1) is 6.92 Å². The maximum atomic E-state index is 13.3. The molecule has 0 radical (unpaired) electrons. The number of aliphatic hydroxyl groups excluding tert-OH is 1. The van der Waals surface area contributed by atoms with Gasteiger partial charge in [-0.15, -0.1) is 0 Å². The second kappa shape index (κ2) is 8.02. The maximum Gasteiger partial charge on any atom is 0.300 e. The number of hydrogen-bond acceptors (Lipinski definition) is 6. The number of Topliss-reactive ketones (excluding diaryl/α,β-unsaturated/α-hetero) is 1. The van der Waals surface area contributed by atoms with Gasteiger partial charge in [-0.25, -0.2) is 0 Å². The van der Waals surface area contributed by atoms with Crippen LogP contribution in [0.2, 0.25) is 0 Å². The predicted octanol–water partition coefficient (Wildman–Crippen LogP) is 4.36. The molecule has 2 heterocycles. The highest BCUT2D eigenvalue weighted by molar-refractivity contribution is 6.51. The van der Waals surface area contributed by atoms with Crippen molar-refractivity contribution in [3.63, 3.8) is 0 Å². The Hall–Kier alpha value is -4.26. The fourth-order valence-electron chi connectivity index (χ4n) is 4.22. The van der Waals surface area contributed by atoms with E-state index in [-0.39, 0.29) is 18.1 Å². The third-order valence-corrected chi connectivity index (χ3v) is 5.90. The molecule has 33 heavy (non-hydrogen) atoms. The van der Waals surface area contributed by atoms with Gasteiger partial charge in [-0.2, -0.15) is 0 Å². The summed E-state index contributed by atoms with van der Waals surface area (Å²) in [6.45, 7) is 1.96. The van der Waals surface area contributed by atoms with Crippen molar-refractivity contribution in [2.45, 2.75) is 13.0 Å².